The maximum Gasteiger partial charge on any atom is 0.293 e. The summed E-state index contributed by atoms with van der Waals surface area (Å²) in [5.41, 5.74) is 2.88. The van der Waals surface area contributed by atoms with Gasteiger partial charge in [0.05, 0.1) is 58.3 Å². The summed E-state index contributed by atoms with van der Waals surface area (Å²) in [7, 11) is -1.28. The van der Waals surface area contributed by atoms with Crippen LogP contribution in [0.15, 0.2) is 77.6 Å². The summed E-state index contributed by atoms with van der Waals surface area (Å²) in [4.78, 5) is 47.3. The van der Waals surface area contributed by atoms with Crippen LogP contribution < -0.4 is 20.3 Å². The van der Waals surface area contributed by atoms with Crippen molar-refractivity contribution < 1.29 is 49.1 Å². The Morgan fingerprint density at radius 1 is 1.00 bits per heavy atom. The zero-order valence-corrected chi connectivity index (χ0v) is 37.9. The molecule has 9 rings (SSSR count). The van der Waals surface area contributed by atoms with Crippen molar-refractivity contribution in [3.8, 4) is 11.4 Å². The van der Waals surface area contributed by atoms with E-state index in [-0.39, 0.29) is 74.6 Å². The standard InChI is InChI=1S/C46H39ClF6N8O6S/c1-5-34(62)23-8-11-27-32(17-23)55-43(29(16-22-14-24(48)18-25(49)15-22)38(42(54)63)61-40-35(37(56-61)41(50)51)28-19-30(28)46(40,52)53)60(45(27)64)33-13-12-31(47)36-39(33)58(2)57-44(36)59(68(4,65)66)20-21-6-9-26(67-3)10-7-21/h6-15,17-18,28-30,38,41H,5,16,19-20H2,1-4H3,(H2,54,63)/t28-,29-,30+,38?/m0/s1. The van der Waals surface area contributed by atoms with E-state index in [1.165, 1.54) is 49.2 Å². The zero-order chi connectivity index (χ0) is 48.9. The third kappa shape index (κ3) is 7.73. The van der Waals surface area contributed by atoms with E-state index in [0.29, 0.717) is 22.1 Å². The summed E-state index contributed by atoms with van der Waals surface area (Å²) in [6.45, 7) is 1.34. The first-order chi connectivity index (χ1) is 32.1. The fraction of sp³-hybridized carbons (Fsp3) is 0.304. The van der Waals surface area contributed by atoms with E-state index in [1.54, 1.807) is 31.2 Å². The minimum atomic E-state index is -4.17. The van der Waals surface area contributed by atoms with Crippen LogP contribution in [-0.4, -0.2) is 62.6 Å². The predicted molar refractivity (Wildman–Crippen MR) is 238 cm³/mol. The molecule has 1 fully saturated rings. The number of Topliss-reactive ketones (excluding diaryl/α,β-unsaturated/α-hetero) is 1. The van der Waals surface area contributed by atoms with Crippen LogP contribution in [0.1, 0.15) is 88.3 Å². The lowest BCUT2D eigenvalue weighted by Gasteiger charge is -2.30. The van der Waals surface area contributed by atoms with Crippen LogP contribution in [0.5, 0.6) is 5.75 Å². The number of nitrogens with zero attached hydrogens (tertiary/aromatic N) is 7. The number of aromatic nitrogens is 6. The number of benzene rings is 4. The van der Waals surface area contributed by atoms with E-state index in [0.717, 1.165) is 27.3 Å². The monoisotopic (exact) mass is 980 g/mol. The molecule has 14 nitrogen and oxygen atoms in total. The van der Waals surface area contributed by atoms with Crippen LogP contribution in [0.2, 0.25) is 5.02 Å². The number of alkyl halides is 4. The molecule has 1 amide bonds. The van der Waals surface area contributed by atoms with Gasteiger partial charge in [-0.05, 0) is 78.4 Å². The average Bonchev–Trinajstić information content (AvgIpc) is 3.79. The third-order valence-electron chi connectivity index (χ3n) is 12.6. The Morgan fingerprint density at radius 3 is 2.31 bits per heavy atom. The number of hydrogen-bond acceptors (Lipinski definition) is 9. The fourth-order valence-electron chi connectivity index (χ4n) is 9.43. The first-order valence-electron chi connectivity index (χ1n) is 21.0. The number of amides is 1. The van der Waals surface area contributed by atoms with Crippen molar-refractivity contribution in [1.29, 1.82) is 0 Å². The highest BCUT2D eigenvalue weighted by Crippen LogP contribution is 2.68. The second-order valence-electron chi connectivity index (χ2n) is 16.9. The van der Waals surface area contributed by atoms with Gasteiger partial charge in [0.2, 0.25) is 15.9 Å². The van der Waals surface area contributed by atoms with Gasteiger partial charge in [-0.2, -0.15) is 19.0 Å². The molecule has 0 saturated heterocycles. The number of halogens is 7. The van der Waals surface area contributed by atoms with Crippen molar-refractivity contribution in [2.24, 2.45) is 18.7 Å². The van der Waals surface area contributed by atoms with Gasteiger partial charge >= 0.3 is 0 Å². The van der Waals surface area contributed by atoms with Crippen molar-refractivity contribution >= 4 is 60.9 Å². The number of aryl methyl sites for hydroxylation is 1. The molecule has 3 heterocycles. The van der Waals surface area contributed by atoms with Gasteiger partial charge in [0.15, 0.2) is 11.6 Å². The Bertz CT molecular complexity index is 3400. The number of sulfonamides is 1. The van der Waals surface area contributed by atoms with Gasteiger partial charge in [-0.25, -0.2) is 40.0 Å². The molecular formula is C46H39ClF6N8O6S. The molecule has 2 aliphatic carbocycles. The molecule has 0 aliphatic heterocycles. The Kier molecular flexibility index (Phi) is 11.5. The van der Waals surface area contributed by atoms with Gasteiger partial charge in [-0.15, -0.1) is 0 Å². The number of methoxy groups -OCH3 is 1. The van der Waals surface area contributed by atoms with Crippen molar-refractivity contribution in [1.82, 2.24) is 29.1 Å². The molecule has 1 unspecified atom stereocenters. The molecule has 0 bridgehead atoms. The topological polar surface area (TPSA) is 177 Å². The quantitative estimate of drug-likeness (QED) is 0.0784. The molecule has 4 aromatic carbocycles. The number of fused-ring (bicyclic) bond motifs is 5. The van der Waals surface area contributed by atoms with E-state index >= 15 is 22.4 Å². The number of primary amides is 1. The van der Waals surface area contributed by atoms with Gasteiger partial charge in [-0.3, -0.25) is 23.6 Å². The third-order valence-corrected chi connectivity index (χ3v) is 14.0. The molecule has 1 saturated carbocycles. The summed E-state index contributed by atoms with van der Waals surface area (Å²) in [6, 6.07) is 13.3. The summed E-state index contributed by atoms with van der Waals surface area (Å²) in [5, 5.41) is 8.33. The van der Waals surface area contributed by atoms with Gasteiger partial charge in [0.1, 0.15) is 40.6 Å². The van der Waals surface area contributed by atoms with E-state index < -0.39 is 98.5 Å². The fourth-order valence-corrected chi connectivity index (χ4v) is 10.5. The maximum atomic E-state index is 16.3. The van der Waals surface area contributed by atoms with Crippen LogP contribution in [0, 0.1) is 17.6 Å². The largest absolute Gasteiger partial charge is 0.497 e. The molecule has 0 radical (unpaired) electrons. The molecule has 0 spiro atoms. The molecular weight excluding hydrogens is 942 g/mol. The summed E-state index contributed by atoms with van der Waals surface area (Å²) >= 11 is 6.90. The lowest BCUT2D eigenvalue weighted by Crippen LogP contribution is -2.39. The number of carbonyl (C=O) groups is 2. The number of carbonyl (C=O) groups excluding carboxylic acids is 2. The van der Waals surface area contributed by atoms with Crippen LogP contribution in [0.4, 0.5) is 32.2 Å². The number of ether oxygens (including phenoxy) is 1. The number of ketones is 1. The highest BCUT2D eigenvalue weighted by molar-refractivity contribution is 7.92. The molecule has 22 heteroatoms. The summed E-state index contributed by atoms with van der Waals surface area (Å²) in [5.74, 6) is -12.1. The SMILES string of the molecule is CCC(=O)c1ccc2c(=O)n(-c3ccc(Cl)c4c(N(Cc5ccc(OC)cc5)S(C)(=O)=O)nn(C)c34)c([C@@H](Cc3cc(F)cc(F)c3)C(C(N)=O)n3nc(C(F)F)c4c3C(F)(F)[C@@H]3C[C@H]43)nc2c1. The molecule has 2 aliphatic rings. The maximum absolute atomic E-state index is 16.3. The van der Waals surface area contributed by atoms with Gasteiger partial charge in [-0.1, -0.05) is 36.7 Å². The van der Waals surface area contributed by atoms with Crippen molar-refractivity contribution in [2.45, 2.75) is 63.0 Å². The average molecular weight is 981 g/mol. The van der Waals surface area contributed by atoms with Gasteiger partial charge < -0.3 is 10.5 Å². The van der Waals surface area contributed by atoms with Gasteiger partial charge in [0, 0.05) is 36.6 Å². The first-order valence-corrected chi connectivity index (χ1v) is 23.3. The number of anilines is 1. The highest BCUT2D eigenvalue weighted by atomic mass is 35.5. The lowest BCUT2D eigenvalue weighted by molar-refractivity contribution is -0.122. The van der Waals surface area contributed by atoms with Crippen molar-refractivity contribution in [3.05, 3.63) is 139 Å². The molecule has 2 N–H and O–H groups in total. The Labute approximate surface area is 387 Å². The Balaban J connectivity index is 1.37. The van der Waals surface area contributed by atoms with E-state index in [1.807, 2.05) is 0 Å². The van der Waals surface area contributed by atoms with Crippen molar-refractivity contribution in [3.63, 3.8) is 0 Å². The predicted octanol–water partition coefficient (Wildman–Crippen LogP) is 8.17. The van der Waals surface area contributed by atoms with Crippen molar-refractivity contribution in [2.75, 3.05) is 17.7 Å². The van der Waals surface area contributed by atoms with Crippen LogP contribution in [0.3, 0.4) is 0 Å². The van der Waals surface area contributed by atoms with E-state index in [4.69, 9.17) is 27.1 Å². The van der Waals surface area contributed by atoms with E-state index in [2.05, 4.69) is 10.2 Å². The minimum Gasteiger partial charge on any atom is -0.497 e. The molecule has 7 aromatic rings. The lowest BCUT2D eigenvalue weighted by atomic mass is 9.89. The number of rotatable bonds is 15. The molecule has 354 valence electrons. The van der Waals surface area contributed by atoms with E-state index in [9.17, 15) is 26.8 Å². The van der Waals surface area contributed by atoms with Gasteiger partial charge in [0.25, 0.3) is 17.9 Å². The Hall–Kier alpha value is -6.74. The molecule has 68 heavy (non-hydrogen) atoms. The number of nitrogens with two attached hydrogens (primary N) is 1. The summed E-state index contributed by atoms with van der Waals surface area (Å²) in [6.07, 6.45) is -3.23. The normalized spacial score (nSPS) is 17.1. The molecule has 3 aromatic heterocycles. The zero-order valence-electron chi connectivity index (χ0n) is 36.4. The summed E-state index contributed by atoms with van der Waals surface area (Å²) < 4.78 is 128. The van der Waals surface area contributed by atoms with Crippen LogP contribution >= 0.6 is 11.6 Å². The smallest absolute Gasteiger partial charge is 0.293 e. The second-order valence-corrected chi connectivity index (χ2v) is 19.2. The number of hydrogen-bond donors (Lipinski definition) is 1. The van der Waals surface area contributed by atoms with Crippen LogP contribution in [0.25, 0.3) is 27.5 Å². The molecule has 4 atom stereocenters. The first kappa shape index (κ1) is 46.4. The highest BCUT2D eigenvalue weighted by Gasteiger charge is 2.68. The van der Waals surface area contributed by atoms with Crippen LogP contribution in [-0.2, 0) is 40.8 Å². The Morgan fingerprint density at radius 2 is 1.69 bits per heavy atom. The second kappa shape index (κ2) is 16.8. The minimum absolute atomic E-state index is 0.00377.